The molecule has 0 aromatic heterocycles. The average molecular weight is 773 g/mol. The summed E-state index contributed by atoms with van der Waals surface area (Å²) in [4.78, 5) is 97.2. The Morgan fingerprint density at radius 1 is 0.623 bits per heavy atom. The van der Waals surface area contributed by atoms with E-state index in [1.807, 2.05) is 24.3 Å². The molecule has 2 unspecified atom stereocenters. The minimum atomic E-state index is -1.38. The molecule has 0 fully saturated rings. The molecule has 286 valence electrons. The monoisotopic (exact) mass is 772 g/mol. The minimum Gasteiger partial charge on any atom is -0.481 e. The molecule has 0 heterocycles. The molecule has 3 rings (SSSR count). The summed E-state index contributed by atoms with van der Waals surface area (Å²) in [5, 5.41) is 32.4. The summed E-state index contributed by atoms with van der Waals surface area (Å²) in [5.74, 6) is -4.92. The molecule has 16 nitrogen and oxygen atoms in total. The zero-order chi connectivity index (χ0) is 38.8. The lowest BCUT2D eigenvalue weighted by molar-refractivity contribution is -0.138. The molecule has 0 aliphatic heterocycles. The fraction of sp³-hybridized carbons (Fsp3) is 0.429. The van der Waals surface area contributed by atoms with Gasteiger partial charge in [0.15, 0.2) is 0 Å². The lowest BCUT2D eigenvalue weighted by Crippen LogP contribution is -2.53. The Balaban J connectivity index is 1.44. The highest BCUT2D eigenvalue weighted by atomic mass is 32.2. The summed E-state index contributed by atoms with van der Waals surface area (Å²) >= 11 is 5.58. The minimum absolute atomic E-state index is 0.140. The molecule has 18 heteroatoms. The first-order valence-corrected chi connectivity index (χ1v) is 18.7. The van der Waals surface area contributed by atoms with Crippen LogP contribution in [0.4, 0.5) is 0 Å². The number of hydrogen-bond donors (Lipinski definition) is 9. The van der Waals surface area contributed by atoms with Crippen molar-refractivity contribution < 1.29 is 48.6 Å². The van der Waals surface area contributed by atoms with Crippen LogP contribution in [0.1, 0.15) is 49.1 Å². The first-order chi connectivity index (χ1) is 25.4. The van der Waals surface area contributed by atoms with Gasteiger partial charge in [-0.1, -0.05) is 48.5 Å². The number of hydrogen-bond acceptors (Lipinski definition) is 10. The summed E-state index contributed by atoms with van der Waals surface area (Å²) in [6.07, 6.45) is -1.49. The zero-order valence-corrected chi connectivity index (χ0v) is 30.6. The SMILES string of the molecule is O=C(O)CCC(NC(=O)CNC(=O)CCSCC1c2ccccc2-c2ccccc21)C(=O)NCC(=O)NC(CCC(=O)O)C(=O)NCC(=O)NCCS. The summed E-state index contributed by atoms with van der Waals surface area (Å²) in [5.41, 5.74) is 4.91. The van der Waals surface area contributed by atoms with Crippen LogP contribution in [0.5, 0.6) is 0 Å². The normalized spacial score (nSPS) is 12.6. The molecule has 1 aliphatic carbocycles. The lowest BCUT2D eigenvalue weighted by atomic mass is 9.99. The molecule has 0 radical (unpaired) electrons. The van der Waals surface area contributed by atoms with Gasteiger partial charge in [0.2, 0.25) is 35.4 Å². The largest absolute Gasteiger partial charge is 0.481 e. The Hall–Kier alpha value is -5.10. The number of aliphatic carboxylic acids is 2. The fourth-order valence-corrected chi connectivity index (χ4v) is 6.68. The molecular formula is C35H44N6O10S2. The summed E-state index contributed by atoms with van der Waals surface area (Å²) in [6.45, 7) is -1.36. The van der Waals surface area contributed by atoms with Gasteiger partial charge in [-0.3, -0.25) is 38.4 Å². The van der Waals surface area contributed by atoms with Gasteiger partial charge in [-0.05, 0) is 35.1 Å². The first kappa shape index (κ1) is 42.3. The standard InChI is InChI=1S/C35H44N6O10S2/c42-28(13-16-53-20-25-23-7-3-1-5-21(23)22-6-2-4-8-24(22)25)37-18-30(44)40-27(10-12-33(48)49)35(51)39-19-31(45)41-26(9-11-32(46)47)34(50)38-17-29(43)36-14-15-52/h1-8,25-27,52H,9-20H2,(H,36,43)(H,37,42)(H,38,50)(H,39,51)(H,40,44)(H,41,45)(H,46,47)(H,48,49). The van der Waals surface area contributed by atoms with Crippen molar-refractivity contribution in [2.45, 2.75) is 50.1 Å². The number of benzene rings is 2. The van der Waals surface area contributed by atoms with Gasteiger partial charge in [0.05, 0.1) is 19.6 Å². The fourth-order valence-electron chi connectivity index (χ4n) is 5.48. The second kappa shape index (κ2) is 22.1. The Morgan fingerprint density at radius 2 is 1.09 bits per heavy atom. The van der Waals surface area contributed by atoms with Gasteiger partial charge in [0, 0.05) is 49.0 Å². The molecule has 0 bridgehead atoms. The maximum Gasteiger partial charge on any atom is 0.303 e. The second-order valence-corrected chi connectivity index (χ2v) is 13.5. The van der Waals surface area contributed by atoms with E-state index in [1.165, 1.54) is 22.3 Å². The second-order valence-electron chi connectivity index (χ2n) is 11.9. The van der Waals surface area contributed by atoms with Crippen LogP contribution in [0, 0.1) is 0 Å². The maximum absolute atomic E-state index is 12.9. The van der Waals surface area contributed by atoms with E-state index in [0.717, 1.165) is 5.75 Å². The third-order valence-corrected chi connectivity index (χ3v) is 9.33. The Morgan fingerprint density at radius 3 is 1.58 bits per heavy atom. The topological polar surface area (TPSA) is 249 Å². The van der Waals surface area contributed by atoms with Crippen LogP contribution in [0.2, 0.25) is 0 Å². The highest BCUT2D eigenvalue weighted by Gasteiger charge is 2.28. The molecule has 6 amide bonds. The van der Waals surface area contributed by atoms with E-state index in [0.29, 0.717) is 11.5 Å². The number of carboxylic acid groups (broad SMARTS) is 2. The van der Waals surface area contributed by atoms with E-state index in [-0.39, 0.29) is 37.6 Å². The van der Waals surface area contributed by atoms with Crippen molar-refractivity contribution in [3.05, 3.63) is 59.7 Å². The Kier molecular flexibility index (Phi) is 17.6. The highest BCUT2D eigenvalue weighted by molar-refractivity contribution is 7.99. The summed E-state index contributed by atoms with van der Waals surface area (Å²) in [7, 11) is 0. The van der Waals surface area contributed by atoms with Crippen molar-refractivity contribution >= 4 is 71.8 Å². The smallest absolute Gasteiger partial charge is 0.303 e. The van der Waals surface area contributed by atoms with Gasteiger partial charge < -0.3 is 42.1 Å². The first-order valence-electron chi connectivity index (χ1n) is 16.9. The maximum atomic E-state index is 12.9. The van der Waals surface area contributed by atoms with Crippen molar-refractivity contribution in [1.29, 1.82) is 0 Å². The van der Waals surface area contributed by atoms with E-state index in [1.54, 1.807) is 11.8 Å². The van der Waals surface area contributed by atoms with E-state index < -0.39 is 86.0 Å². The summed E-state index contributed by atoms with van der Waals surface area (Å²) < 4.78 is 0. The van der Waals surface area contributed by atoms with Crippen LogP contribution in [0.3, 0.4) is 0 Å². The highest BCUT2D eigenvalue weighted by Crippen LogP contribution is 2.45. The van der Waals surface area contributed by atoms with E-state index in [4.69, 9.17) is 10.2 Å². The Labute approximate surface area is 315 Å². The van der Waals surface area contributed by atoms with Crippen molar-refractivity contribution in [2.75, 3.05) is 43.4 Å². The number of carbonyl (C=O) groups excluding carboxylic acids is 6. The third-order valence-electron chi connectivity index (χ3n) is 8.04. The molecule has 0 saturated heterocycles. The number of carbonyl (C=O) groups is 8. The van der Waals surface area contributed by atoms with E-state index in [2.05, 4.69) is 68.8 Å². The molecule has 2 aromatic carbocycles. The number of amides is 6. The molecule has 2 aromatic rings. The predicted molar refractivity (Wildman–Crippen MR) is 199 cm³/mol. The Bertz CT molecular complexity index is 1610. The molecule has 2 atom stereocenters. The molecule has 53 heavy (non-hydrogen) atoms. The van der Waals surface area contributed by atoms with Crippen LogP contribution in [-0.4, -0.2) is 113 Å². The lowest BCUT2D eigenvalue weighted by Gasteiger charge is -2.20. The third kappa shape index (κ3) is 14.4. The number of carboxylic acids is 2. The van der Waals surface area contributed by atoms with Crippen molar-refractivity contribution in [3.63, 3.8) is 0 Å². The van der Waals surface area contributed by atoms with Gasteiger partial charge >= 0.3 is 11.9 Å². The number of nitrogens with one attached hydrogen (secondary N) is 6. The number of rotatable bonds is 23. The number of thiol groups is 1. The van der Waals surface area contributed by atoms with Crippen LogP contribution in [0.25, 0.3) is 11.1 Å². The van der Waals surface area contributed by atoms with Crippen molar-refractivity contribution in [1.82, 2.24) is 31.9 Å². The summed E-state index contributed by atoms with van der Waals surface area (Å²) in [6, 6.07) is 13.8. The molecule has 8 N–H and O–H groups in total. The van der Waals surface area contributed by atoms with Crippen LogP contribution < -0.4 is 31.9 Å². The number of thioether (sulfide) groups is 1. The van der Waals surface area contributed by atoms with Gasteiger partial charge in [-0.15, -0.1) is 0 Å². The molecule has 1 aliphatic rings. The van der Waals surface area contributed by atoms with Crippen molar-refractivity contribution in [3.8, 4) is 11.1 Å². The van der Waals surface area contributed by atoms with Crippen LogP contribution in [-0.2, 0) is 38.4 Å². The van der Waals surface area contributed by atoms with Crippen molar-refractivity contribution in [2.24, 2.45) is 0 Å². The van der Waals surface area contributed by atoms with E-state index >= 15 is 0 Å². The van der Waals surface area contributed by atoms with Gasteiger partial charge in [-0.2, -0.15) is 24.4 Å². The number of fused-ring (bicyclic) bond motifs is 3. The van der Waals surface area contributed by atoms with Gasteiger partial charge in [0.25, 0.3) is 0 Å². The van der Waals surface area contributed by atoms with Crippen LogP contribution in [0.15, 0.2) is 48.5 Å². The van der Waals surface area contributed by atoms with E-state index in [9.17, 15) is 38.4 Å². The molecular weight excluding hydrogens is 729 g/mol. The van der Waals surface area contributed by atoms with Gasteiger partial charge in [0.1, 0.15) is 12.1 Å². The average Bonchev–Trinajstić information content (AvgIpc) is 3.46. The van der Waals surface area contributed by atoms with Crippen LogP contribution >= 0.6 is 24.4 Å². The quantitative estimate of drug-likeness (QED) is 0.0538. The zero-order valence-electron chi connectivity index (χ0n) is 28.9. The molecule has 0 spiro atoms. The predicted octanol–water partition coefficient (Wildman–Crippen LogP) is 0.0160. The molecule has 0 saturated carbocycles. The van der Waals surface area contributed by atoms with Gasteiger partial charge in [-0.25, -0.2) is 0 Å².